The van der Waals surface area contributed by atoms with Crippen molar-refractivity contribution in [3.63, 3.8) is 0 Å². The van der Waals surface area contributed by atoms with Gasteiger partial charge in [-0.3, -0.25) is 0 Å². The summed E-state index contributed by atoms with van der Waals surface area (Å²) in [7, 11) is 0. The quantitative estimate of drug-likeness (QED) is 0.329. The van der Waals surface area contributed by atoms with E-state index in [9.17, 15) is 0 Å². The molecule has 0 bridgehead atoms. The van der Waals surface area contributed by atoms with Crippen LogP contribution in [0.25, 0.3) is 0 Å². The molecule has 0 aliphatic heterocycles. The molecule has 0 saturated heterocycles. The number of rotatable bonds is 0. The zero-order chi connectivity index (χ0) is 0. The van der Waals surface area contributed by atoms with Crippen molar-refractivity contribution < 1.29 is 69.9 Å². The third kappa shape index (κ3) is 8.88. The van der Waals surface area contributed by atoms with E-state index in [1.54, 1.807) is 0 Å². The maximum Gasteiger partial charge on any atom is 1.00 e. The summed E-state index contributed by atoms with van der Waals surface area (Å²) in [4.78, 5) is 0. The summed E-state index contributed by atoms with van der Waals surface area (Å²) in [5, 5.41) is 0. The molecule has 0 spiro atoms. The molecule has 0 aromatic heterocycles. The van der Waals surface area contributed by atoms with E-state index in [4.69, 9.17) is 0 Å². The fraction of sp³-hybridized carbons (Fsp3) is 0. The van der Waals surface area contributed by atoms with Crippen LogP contribution in [0, 0.1) is 0 Å². The number of halogens is 1. The molecule has 0 aliphatic rings. The SMILES string of the molecule is Cl.[AlH3].[Cu].[H-].[K+]. The van der Waals surface area contributed by atoms with Crippen LogP contribution in [0.1, 0.15) is 1.43 Å². The van der Waals surface area contributed by atoms with E-state index in [-0.39, 0.29) is 99.6 Å². The molecule has 1 radical (unpaired) electrons. The van der Waals surface area contributed by atoms with Gasteiger partial charge in [-0.2, -0.15) is 0 Å². The van der Waals surface area contributed by atoms with Crippen molar-refractivity contribution in [2.75, 3.05) is 0 Å². The predicted molar refractivity (Wildman–Crippen MR) is 18.3 cm³/mol. The van der Waals surface area contributed by atoms with Crippen LogP contribution in [0.15, 0.2) is 0 Å². The summed E-state index contributed by atoms with van der Waals surface area (Å²) in [5.74, 6) is 0. The maximum absolute atomic E-state index is 0. The molecule has 4 heteroatoms. The monoisotopic (exact) mass is 169 g/mol. The molecule has 0 atom stereocenters. The van der Waals surface area contributed by atoms with Gasteiger partial charge in [0.2, 0.25) is 0 Å². The van der Waals surface area contributed by atoms with Crippen molar-refractivity contribution in [1.82, 2.24) is 0 Å². The van der Waals surface area contributed by atoms with Crippen LogP contribution < -0.4 is 51.4 Å². The van der Waals surface area contributed by atoms with Crippen LogP contribution in [-0.4, -0.2) is 17.4 Å². The van der Waals surface area contributed by atoms with E-state index in [2.05, 4.69) is 0 Å². The minimum Gasteiger partial charge on any atom is -1.00 e. The molecule has 0 unspecified atom stereocenters. The molecule has 0 saturated carbocycles. The smallest absolute Gasteiger partial charge is 1.00 e. The first-order valence-corrected chi connectivity index (χ1v) is 0. The first-order valence-electron chi connectivity index (χ1n) is 0. The normalized spacial score (nSPS) is 0. The number of hydrogen-bond donors (Lipinski definition) is 0. The summed E-state index contributed by atoms with van der Waals surface area (Å²) < 4.78 is 0. The van der Waals surface area contributed by atoms with Crippen molar-refractivity contribution in [2.45, 2.75) is 0 Å². The van der Waals surface area contributed by atoms with Gasteiger partial charge >= 0.3 is 51.4 Å². The van der Waals surface area contributed by atoms with E-state index < -0.39 is 0 Å². The predicted octanol–water partition coefficient (Wildman–Crippen LogP) is -3.65. The van der Waals surface area contributed by atoms with Crippen LogP contribution in [0.2, 0.25) is 0 Å². The third-order valence-electron chi connectivity index (χ3n) is 0. The standard InChI is InChI=1S/Al.ClH.Cu.K.4H/h;1H;;;;;;/q;;;+1;;;;-1. The fourth-order valence-electron chi connectivity index (χ4n) is 0. The van der Waals surface area contributed by atoms with E-state index in [0.29, 0.717) is 0 Å². The number of hydrogen-bond acceptors (Lipinski definition) is 0. The van der Waals surface area contributed by atoms with E-state index in [1.165, 1.54) is 0 Å². The van der Waals surface area contributed by atoms with Crippen LogP contribution >= 0.6 is 12.4 Å². The first kappa shape index (κ1) is 28.1. The largest absolute Gasteiger partial charge is 1.00 e. The molecule has 0 aromatic rings. The minimum atomic E-state index is 0. The molecule has 0 fully saturated rings. The van der Waals surface area contributed by atoms with E-state index >= 15 is 0 Å². The summed E-state index contributed by atoms with van der Waals surface area (Å²) in [6.07, 6.45) is 0. The minimum absolute atomic E-state index is 0. The molecular weight excluding hydrogens is 165 g/mol. The molecule has 0 rings (SSSR count). The third-order valence-corrected chi connectivity index (χ3v) is 0. The fourth-order valence-corrected chi connectivity index (χ4v) is 0. The Hall–Kier alpha value is 2.98. The van der Waals surface area contributed by atoms with Gasteiger partial charge in [-0.25, -0.2) is 0 Å². The molecule has 27 valence electrons. The molecule has 0 heterocycles. The zero-order valence-electron chi connectivity index (χ0n) is 2.71. The first-order chi connectivity index (χ1) is 0. The summed E-state index contributed by atoms with van der Waals surface area (Å²) in [6, 6.07) is 0. The average Bonchev–Trinajstić information content (AvgIpc) is 0. The van der Waals surface area contributed by atoms with Crippen LogP contribution in [-0.2, 0) is 17.1 Å². The van der Waals surface area contributed by atoms with Crippen LogP contribution in [0.5, 0.6) is 0 Å². The van der Waals surface area contributed by atoms with Crippen molar-refractivity contribution in [1.29, 1.82) is 0 Å². The van der Waals surface area contributed by atoms with Gasteiger partial charge in [-0.15, -0.1) is 12.4 Å². The Balaban J connectivity index is 0. The molecule has 0 N–H and O–H groups in total. The average molecular weight is 170 g/mol. The van der Waals surface area contributed by atoms with Gasteiger partial charge < -0.3 is 1.43 Å². The van der Waals surface area contributed by atoms with Crippen molar-refractivity contribution in [3.05, 3.63) is 0 Å². The molecule has 4 heavy (non-hydrogen) atoms. The zero-order valence-corrected chi connectivity index (χ0v) is 6.59. The molecule has 0 nitrogen and oxygen atoms in total. The molecule has 0 amide bonds. The molecule has 0 aliphatic carbocycles. The Bertz CT molecular complexity index is 11.6. The Morgan fingerprint density at radius 3 is 1.25 bits per heavy atom. The molecule has 0 aromatic carbocycles. The summed E-state index contributed by atoms with van der Waals surface area (Å²) in [5.41, 5.74) is 0. The Morgan fingerprint density at radius 2 is 1.25 bits per heavy atom. The van der Waals surface area contributed by atoms with E-state index in [0.717, 1.165) is 0 Å². The van der Waals surface area contributed by atoms with Gasteiger partial charge in [0, 0.05) is 17.1 Å². The van der Waals surface area contributed by atoms with Gasteiger partial charge in [-0.05, 0) is 0 Å². The van der Waals surface area contributed by atoms with Gasteiger partial charge in [0.25, 0.3) is 0 Å². The summed E-state index contributed by atoms with van der Waals surface area (Å²) >= 11 is 0. The van der Waals surface area contributed by atoms with Gasteiger partial charge in [0.05, 0.1) is 0 Å². The van der Waals surface area contributed by atoms with Crippen LogP contribution in [0.4, 0.5) is 0 Å². The Morgan fingerprint density at radius 1 is 1.25 bits per heavy atom. The van der Waals surface area contributed by atoms with Crippen LogP contribution in [0.3, 0.4) is 0 Å². The van der Waals surface area contributed by atoms with Crippen molar-refractivity contribution in [3.8, 4) is 0 Å². The second-order valence-electron chi connectivity index (χ2n) is 0. The topological polar surface area (TPSA) is 0 Å². The maximum atomic E-state index is 0. The van der Waals surface area contributed by atoms with Crippen molar-refractivity contribution >= 4 is 29.8 Å². The Labute approximate surface area is 97.4 Å². The second kappa shape index (κ2) is 16.7. The second-order valence-corrected chi connectivity index (χ2v) is 0. The summed E-state index contributed by atoms with van der Waals surface area (Å²) in [6.45, 7) is 0. The molecular formula is H5AlClCuK. The van der Waals surface area contributed by atoms with Gasteiger partial charge in [-0.1, -0.05) is 0 Å². The Kier molecular flexibility index (Phi) is 117. The van der Waals surface area contributed by atoms with Crippen molar-refractivity contribution in [2.24, 2.45) is 0 Å². The van der Waals surface area contributed by atoms with Gasteiger partial charge in [0.1, 0.15) is 0 Å². The van der Waals surface area contributed by atoms with E-state index in [1.807, 2.05) is 0 Å². The van der Waals surface area contributed by atoms with Gasteiger partial charge in [0.15, 0.2) is 17.4 Å².